The maximum Gasteiger partial charge on any atom is 0.0401 e. The van der Waals surface area contributed by atoms with E-state index in [1.807, 2.05) is 0 Å². The van der Waals surface area contributed by atoms with Crippen LogP contribution in [0.1, 0.15) is 6.92 Å². The molecule has 0 bridgehead atoms. The van der Waals surface area contributed by atoms with E-state index >= 15 is 0 Å². The van der Waals surface area contributed by atoms with E-state index in [4.69, 9.17) is 11.6 Å². The molecule has 0 spiro atoms. The molecular formula is C7H16ClN. The van der Waals surface area contributed by atoms with Crippen molar-refractivity contribution in [1.29, 1.82) is 0 Å². The van der Waals surface area contributed by atoms with Crippen molar-refractivity contribution in [3.8, 4) is 0 Å². The van der Waals surface area contributed by atoms with Crippen LogP contribution in [0.15, 0.2) is 12.7 Å². The fourth-order valence-corrected chi connectivity index (χ4v) is 0. The summed E-state index contributed by atoms with van der Waals surface area (Å²) in [6, 6.07) is 0. The molecule has 2 heteroatoms. The highest BCUT2D eigenvalue weighted by Crippen LogP contribution is 1.67. The molecule has 0 unspecified atom stereocenters. The molecule has 0 aliphatic heterocycles. The van der Waals surface area contributed by atoms with Gasteiger partial charge < -0.3 is 4.90 Å². The molecule has 0 aromatic rings. The maximum absolute atomic E-state index is 5.07. The number of rotatable bonds is 2. The van der Waals surface area contributed by atoms with Gasteiger partial charge in [0.1, 0.15) is 0 Å². The maximum atomic E-state index is 5.07. The predicted octanol–water partition coefficient (Wildman–Crippen LogP) is 1.98. The number of nitrogens with zero attached hydrogens (tertiary/aromatic N) is 1. The number of hydrogen-bond donors (Lipinski definition) is 0. The Hall–Kier alpha value is -0.0100. The summed E-state index contributed by atoms with van der Waals surface area (Å²) in [5.74, 6) is 0.556. The minimum absolute atomic E-state index is 0.556. The smallest absolute Gasteiger partial charge is 0.0401 e. The third-order valence-electron chi connectivity index (χ3n) is 0.742. The lowest BCUT2D eigenvalue weighted by Gasteiger charge is -2.00. The molecule has 0 amide bonds. The van der Waals surface area contributed by atoms with Gasteiger partial charge in [0, 0.05) is 5.88 Å². The van der Waals surface area contributed by atoms with Crippen LogP contribution in [-0.2, 0) is 0 Å². The molecule has 0 aliphatic carbocycles. The Balaban J connectivity index is 0. The molecule has 0 rings (SSSR count). The van der Waals surface area contributed by atoms with Crippen LogP contribution in [0.3, 0.4) is 0 Å². The van der Waals surface area contributed by atoms with Crippen LogP contribution in [0.4, 0.5) is 0 Å². The first kappa shape index (κ1) is 11.7. The van der Waals surface area contributed by atoms with Gasteiger partial charge in [0.05, 0.1) is 0 Å². The van der Waals surface area contributed by atoms with Gasteiger partial charge in [-0.15, -0.1) is 18.2 Å². The van der Waals surface area contributed by atoms with E-state index in [-0.39, 0.29) is 0 Å². The first-order valence-electron chi connectivity index (χ1n) is 3.00. The van der Waals surface area contributed by atoms with Crippen LogP contribution < -0.4 is 0 Å². The topological polar surface area (TPSA) is 3.24 Å². The largest absolute Gasteiger partial charge is 0.310 e. The molecule has 0 saturated carbocycles. The normalized spacial score (nSPS) is 8.11. The lowest BCUT2D eigenvalue weighted by atomic mass is 10.7. The van der Waals surface area contributed by atoms with Crippen molar-refractivity contribution in [3.63, 3.8) is 0 Å². The van der Waals surface area contributed by atoms with E-state index in [2.05, 4.69) is 32.5 Å². The highest BCUT2D eigenvalue weighted by molar-refractivity contribution is 6.18. The molecule has 0 fully saturated rings. The number of alkyl halides is 1. The third kappa shape index (κ3) is 32.1. The van der Waals surface area contributed by atoms with Gasteiger partial charge in [-0.1, -0.05) is 13.0 Å². The van der Waals surface area contributed by atoms with Crippen molar-refractivity contribution in [2.45, 2.75) is 6.92 Å². The van der Waals surface area contributed by atoms with Gasteiger partial charge >= 0.3 is 0 Å². The second-order valence-electron chi connectivity index (χ2n) is 1.84. The Kier molecular flexibility index (Phi) is 14.2. The Morgan fingerprint density at radius 3 is 1.78 bits per heavy atom. The summed E-state index contributed by atoms with van der Waals surface area (Å²) in [5.41, 5.74) is 0. The highest BCUT2D eigenvalue weighted by atomic mass is 35.5. The fourth-order valence-electron chi connectivity index (χ4n) is 0. The molecule has 0 N–H and O–H groups in total. The Morgan fingerprint density at radius 1 is 1.56 bits per heavy atom. The van der Waals surface area contributed by atoms with E-state index in [9.17, 15) is 0 Å². The Bertz CT molecular complexity index is 52.9. The van der Waals surface area contributed by atoms with Crippen molar-refractivity contribution in [2.75, 3.05) is 26.5 Å². The second kappa shape index (κ2) is 10.9. The van der Waals surface area contributed by atoms with E-state index in [0.29, 0.717) is 5.88 Å². The minimum Gasteiger partial charge on any atom is -0.310 e. The van der Waals surface area contributed by atoms with Crippen molar-refractivity contribution in [1.82, 2.24) is 4.90 Å². The van der Waals surface area contributed by atoms with Gasteiger partial charge in [-0.25, -0.2) is 0 Å². The summed E-state index contributed by atoms with van der Waals surface area (Å²) >= 11 is 5.07. The predicted molar refractivity (Wildman–Crippen MR) is 45.1 cm³/mol. The van der Waals surface area contributed by atoms with Gasteiger partial charge in [0.2, 0.25) is 0 Å². The van der Waals surface area contributed by atoms with Crippen LogP contribution >= 0.6 is 11.6 Å². The van der Waals surface area contributed by atoms with Gasteiger partial charge in [-0.3, -0.25) is 0 Å². The molecule has 0 heterocycles. The summed E-state index contributed by atoms with van der Waals surface area (Å²) < 4.78 is 0. The van der Waals surface area contributed by atoms with Gasteiger partial charge in [0.15, 0.2) is 0 Å². The average Bonchev–Trinajstić information content (AvgIpc) is 1.89. The van der Waals surface area contributed by atoms with Crippen LogP contribution in [0.25, 0.3) is 0 Å². The zero-order valence-electron chi connectivity index (χ0n) is 6.52. The van der Waals surface area contributed by atoms with Crippen LogP contribution in [0.2, 0.25) is 0 Å². The standard InChI is InChI=1S/C4H11N.C3H5Cl/c1-4-5(2)3;1-2-3-4/h4H2,1-3H3;2H,1,3H2. The lowest BCUT2D eigenvalue weighted by molar-refractivity contribution is 0.434. The number of hydrogen-bond acceptors (Lipinski definition) is 1. The molecule has 1 nitrogen and oxygen atoms in total. The molecule has 0 saturated heterocycles. The average molecular weight is 150 g/mol. The van der Waals surface area contributed by atoms with Gasteiger partial charge in [-0.05, 0) is 20.6 Å². The van der Waals surface area contributed by atoms with E-state index in [1.165, 1.54) is 0 Å². The highest BCUT2D eigenvalue weighted by Gasteiger charge is 1.72. The lowest BCUT2D eigenvalue weighted by Crippen LogP contribution is -2.08. The van der Waals surface area contributed by atoms with Crippen LogP contribution in [0.5, 0.6) is 0 Å². The fraction of sp³-hybridized carbons (Fsp3) is 0.714. The minimum atomic E-state index is 0.556. The SMILES string of the molecule is C=CCCl.CCN(C)C. The number of allylic oxidation sites excluding steroid dienone is 1. The molecule has 0 atom stereocenters. The van der Waals surface area contributed by atoms with E-state index in [1.54, 1.807) is 6.08 Å². The summed E-state index contributed by atoms with van der Waals surface area (Å²) in [6.07, 6.45) is 1.64. The van der Waals surface area contributed by atoms with Crippen molar-refractivity contribution >= 4 is 11.6 Å². The molecule has 56 valence electrons. The zero-order chi connectivity index (χ0) is 7.70. The van der Waals surface area contributed by atoms with E-state index in [0.717, 1.165) is 6.54 Å². The molecular weight excluding hydrogens is 134 g/mol. The summed E-state index contributed by atoms with van der Waals surface area (Å²) in [5, 5.41) is 0. The second-order valence-corrected chi connectivity index (χ2v) is 2.15. The van der Waals surface area contributed by atoms with Crippen molar-refractivity contribution < 1.29 is 0 Å². The summed E-state index contributed by atoms with van der Waals surface area (Å²) in [4.78, 5) is 2.12. The van der Waals surface area contributed by atoms with Gasteiger partial charge in [-0.2, -0.15) is 0 Å². The third-order valence-corrected chi connectivity index (χ3v) is 0.960. The van der Waals surface area contributed by atoms with Gasteiger partial charge in [0.25, 0.3) is 0 Å². The van der Waals surface area contributed by atoms with Crippen LogP contribution in [0, 0.1) is 0 Å². The quantitative estimate of drug-likeness (QED) is 0.429. The van der Waals surface area contributed by atoms with Crippen molar-refractivity contribution in [2.24, 2.45) is 0 Å². The zero-order valence-corrected chi connectivity index (χ0v) is 7.28. The molecule has 9 heavy (non-hydrogen) atoms. The Labute approximate surface area is 63.3 Å². The number of halogens is 1. The molecule has 0 aliphatic rings. The van der Waals surface area contributed by atoms with Crippen molar-refractivity contribution in [3.05, 3.63) is 12.7 Å². The molecule has 0 aromatic carbocycles. The first-order chi connectivity index (χ1) is 4.18. The summed E-state index contributed by atoms with van der Waals surface area (Å²) in [6.45, 7) is 6.61. The molecule has 0 radical (unpaired) electrons. The van der Waals surface area contributed by atoms with E-state index < -0.39 is 0 Å². The Morgan fingerprint density at radius 2 is 1.78 bits per heavy atom. The monoisotopic (exact) mass is 149 g/mol. The van der Waals surface area contributed by atoms with Crippen LogP contribution in [-0.4, -0.2) is 31.4 Å². The summed E-state index contributed by atoms with van der Waals surface area (Å²) in [7, 11) is 4.11. The first-order valence-corrected chi connectivity index (χ1v) is 3.54. The molecule has 0 aromatic heterocycles.